The Hall–Kier alpha value is -1.37. The van der Waals surface area contributed by atoms with Gasteiger partial charge in [-0.3, -0.25) is 4.90 Å². The first-order valence-corrected chi connectivity index (χ1v) is 7.67. The Labute approximate surface area is 125 Å². The summed E-state index contributed by atoms with van der Waals surface area (Å²) < 4.78 is 40.9. The first kappa shape index (κ1) is 14.6. The largest absolute Gasteiger partial charge is 0.314 e. The van der Waals surface area contributed by atoms with Crippen molar-refractivity contribution in [3.63, 3.8) is 0 Å². The number of rotatable bonds is 3. The van der Waals surface area contributed by atoms with Gasteiger partial charge in [-0.1, -0.05) is 6.07 Å². The summed E-state index contributed by atoms with van der Waals surface area (Å²) in [5.41, 5.74) is 0.193. The average Bonchev–Trinajstić information content (AvgIpc) is 3.00. The number of thiophene rings is 1. The summed E-state index contributed by atoms with van der Waals surface area (Å²) in [6, 6.07) is 5.03. The van der Waals surface area contributed by atoms with Gasteiger partial charge in [0.25, 0.3) is 0 Å². The van der Waals surface area contributed by atoms with Gasteiger partial charge in [0.2, 0.25) is 0 Å². The zero-order valence-corrected chi connectivity index (χ0v) is 12.1. The molecule has 1 N–H and O–H groups in total. The summed E-state index contributed by atoms with van der Waals surface area (Å²) in [6.07, 6.45) is 0. The Balaban J connectivity index is 2.04. The van der Waals surface area contributed by atoms with Crippen molar-refractivity contribution < 1.29 is 13.2 Å². The average molecular weight is 312 g/mol. The van der Waals surface area contributed by atoms with Crippen molar-refractivity contribution in [2.75, 3.05) is 26.2 Å². The lowest BCUT2D eigenvalue weighted by molar-refractivity contribution is 0.197. The van der Waals surface area contributed by atoms with E-state index in [1.165, 1.54) is 11.3 Å². The Bertz CT molecular complexity index is 610. The maximum Gasteiger partial charge on any atom is 0.161 e. The minimum absolute atomic E-state index is 0.193. The number of hydrogen-bond acceptors (Lipinski definition) is 3. The monoisotopic (exact) mass is 312 g/mol. The zero-order valence-electron chi connectivity index (χ0n) is 11.3. The Morgan fingerprint density at radius 2 is 1.76 bits per heavy atom. The second kappa shape index (κ2) is 6.17. The number of halogens is 3. The lowest BCUT2D eigenvalue weighted by atomic mass is 10.0. The molecule has 21 heavy (non-hydrogen) atoms. The molecule has 112 valence electrons. The van der Waals surface area contributed by atoms with Crippen LogP contribution in [0.2, 0.25) is 0 Å². The molecule has 0 spiro atoms. The van der Waals surface area contributed by atoms with Crippen molar-refractivity contribution in [3.8, 4) is 0 Å². The standard InChI is InChI=1S/C15H15F3N2S/c16-11-9-13(18)12(17)8-10(11)15(14-2-1-7-21-14)20-5-3-19-4-6-20/h1-2,7-9,15,19H,3-6H2/t15-/m1/s1. The first-order chi connectivity index (χ1) is 10.2. The van der Waals surface area contributed by atoms with Crippen LogP contribution in [0.3, 0.4) is 0 Å². The van der Waals surface area contributed by atoms with E-state index in [2.05, 4.69) is 10.2 Å². The van der Waals surface area contributed by atoms with E-state index < -0.39 is 17.5 Å². The van der Waals surface area contributed by atoms with Crippen molar-refractivity contribution >= 4 is 11.3 Å². The highest BCUT2D eigenvalue weighted by atomic mass is 32.1. The molecule has 0 amide bonds. The van der Waals surface area contributed by atoms with Crippen molar-refractivity contribution in [2.45, 2.75) is 6.04 Å². The van der Waals surface area contributed by atoms with E-state index in [4.69, 9.17) is 0 Å². The van der Waals surface area contributed by atoms with Gasteiger partial charge in [0.1, 0.15) is 5.82 Å². The van der Waals surface area contributed by atoms with E-state index >= 15 is 0 Å². The summed E-state index contributed by atoms with van der Waals surface area (Å²) in [4.78, 5) is 3.03. The third kappa shape index (κ3) is 2.97. The first-order valence-electron chi connectivity index (χ1n) is 6.79. The van der Waals surface area contributed by atoms with Crippen LogP contribution in [0.25, 0.3) is 0 Å². The van der Waals surface area contributed by atoms with Gasteiger partial charge in [0, 0.05) is 42.7 Å². The smallest absolute Gasteiger partial charge is 0.161 e. The summed E-state index contributed by atoms with van der Waals surface area (Å²) in [6.45, 7) is 3.07. The molecule has 2 heterocycles. The van der Waals surface area contributed by atoms with Gasteiger partial charge in [-0.2, -0.15) is 0 Å². The molecule has 6 heteroatoms. The Kier molecular flexibility index (Phi) is 4.28. The van der Waals surface area contributed by atoms with Gasteiger partial charge < -0.3 is 5.32 Å². The van der Waals surface area contributed by atoms with Crippen molar-refractivity contribution in [1.29, 1.82) is 0 Å². The molecule has 1 aliphatic heterocycles. The molecular weight excluding hydrogens is 297 g/mol. The van der Waals surface area contributed by atoms with Crippen LogP contribution in [0.4, 0.5) is 13.2 Å². The zero-order chi connectivity index (χ0) is 14.8. The molecule has 2 nitrogen and oxygen atoms in total. The van der Waals surface area contributed by atoms with Gasteiger partial charge in [0.15, 0.2) is 11.6 Å². The van der Waals surface area contributed by atoms with Crippen LogP contribution in [0.15, 0.2) is 29.6 Å². The molecule has 2 aromatic rings. The van der Waals surface area contributed by atoms with E-state index in [1.54, 1.807) is 0 Å². The lowest BCUT2D eigenvalue weighted by Crippen LogP contribution is -2.45. The lowest BCUT2D eigenvalue weighted by Gasteiger charge is -2.34. The maximum absolute atomic E-state index is 14.2. The molecule has 1 aromatic heterocycles. The van der Waals surface area contributed by atoms with Gasteiger partial charge in [-0.15, -0.1) is 11.3 Å². The van der Waals surface area contributed by atoms with E-state index in [0.717, 1.165) is 37.1 Å². The minimum Gasteiger partial charge on any atom is -0.314 e. The van der Waals surface area contributed by atoms with Crippen molar-refractivity contribution in [3.05, 3.63) is 57.5 Å². The molecule has 1 aliphatic rings. The third-order valence-electron chi connectivity index (χ3n) is 3.66. The summed E-state index contributed by atoms with van der Waals surface area (Å²) in [5.74, 6) is -2.87. The summed E-state index contributed by atoms with van der Waals surface area (Å²) in [5, 5.41) is 5.14. The van der Waals surface area contributed by atoms with E-state index in [-0.39, 0.29) is 11.6 Å². The number of benzene rings is 1. The van der Waals surface area contributed by atoms with Crippen LogP contribution in [0, 0.1) is 17.5 Å². The van der Waals surface area contributed by atoms with Crippen molar-refractivity contribution in [1.82, 2.24) is 10.2 Å². The molecule has 1 saturated heterocycles. The number of nitrogens with zero attached hydrogens (tertiary/aromatic N) is 1. The highest BCUT2D eigenvalue weighted by molar-refractivity contribution is 7.10. The molecule has 0 unspecified atom stereocenters. The van der Waals surface area contributed by atoms with Crippen LogP contribution in [0.1, 0.15) is 16.5 Å². The summed E-state index contributed by atoms with van der Waals surface area (Å²) in [7, 11) is 0. The highest BCUT2D eigenvalue weighted by Gasteiger charge is 2.28. The maximum atomic E-state index is 14.2. The van der Waals surface area contributed by atoms with Crippen LogP contribution in [0.5, 0.6) is 0 Å². The second-order valence-electron chi connectivity index (χ2n) is 4.99. The molecule has 0 bridgehead atoms. The molecule has 1 aromatic carbocycles. The van der Waals surface area contributed by atoms with Crippen LogP contribution < -0.4 is 5.32 Å². The Morgan fingerprint density at radius 1 is 1.05 bits per heavy atom. The van der Waals surface area contributed by atoms with Gasteiger partial charge >= 0.3 is 0 Å². The minimum atomic E-state index is -1.15. The molecule has 0 aliphatic carbocycles. The van der Waals surface area contributed by atoms with Crippen LogP contribution in [-0.4, -0.2) is 31.1 Å². The van der Waals surface area contributed by atoms with Crippen LogP contribution in [-0.2, 0) is 0 Å². The van der Waals surface area contributed by atoms with E-state index in [1.807, 2.05) is 17.5 Å². The van der Waals surface area contributed by atoms with Gasteiger partial charge in [0.05, 0.1) is 6.04 Å². The topological polar surface area (TPSA) is 15.3 Å². The molecule has 1 atom stereocenters. The van der Waals surface area contributed by atoms with Crippen LogP contribution >= 0.6 is 11.3 Å². The van der Waals surface area contributed by atoms with E-state index in [9.17, 15) is 13.2 Å². The molecular formula is C15H15F3N2S. The molecule has 3 rings (SSSR count). The number of nitrogens with one attached hydrogen (secondary N) is 1. The fourth-order valence-electron chi connectivity index (χ4n) is 2.66. The summed E-state index contributed by atoms with van der Waals surface area (Å²) >= 11 is 1.49. The fourth-order valence-corrected chi connectivity index (χ4v) is 3.54. The predicted molar refractivity (Wildman–Crippen MR) is 76.9 cm³/mol. The molecule has 0 saturated carbocycles. The number of hydrogen-bond donors (Lipinski definition) is 1. The van der Waals surface area contributed by atoms with E-state index in [0.29, 0.717) is 6.07 Å². The number of piperazine rings is 1. The highest BCUT2D eigenvalue weighted by Crippen LogP contribution is 2.34. The van der Waals surface area contributed by atoms with Gasteiger partial charge in [-0.05, 0) is 17.5 Å². The third-order valence-corrected chi connectivity index (χ3v) is 4.59. The Morgan fingerprint density at radius 3 is 2.43 bits per heavy atom. The quantitative estimate of drug-likeness (QED) is 0.876. The fraction of sp³-hybridized carbons (Fsp3) is 0.333. The SMILES string of the molecule is Fc1cc(F)c([C@H](c2cccs2)N2CCNCC2)cc1F. The second-order valence-corrected chi connectivity index (χ2v) is 5.97. The predicted octanol–water partition coefficient (Wildman–Crippen LogP) is 3.16. The normalized spacial score (nSPS) is 17.9. The molecule has 0 radical (unpaired) electrons. The molecule has 1 fully saturated rings. The van der Waals surface area contributed by atoms with Gasteiger partial charge in [-0.25, -0.2) is 13.2 Å². The van der Waals surface area contributed by atoms with Crippen molar-refractivity contribution in [2.24, 2.45) is 0 Å².